The smallest absolute Gasteiger partial charge is 0.298 e. The third kappa shape index (κ3) is 1.09. The van der Waals surface area contributed by atoms with Gasteiger partial charge in [-0.25, -0.2) is 0 Å². The van der Waals surface area contributed by atoms with E-state index in [2.05, 4.69) is 10.2 Å². The highest BCUT2D eigenvalue weighted by Gasteiger charge is 2.25. The number of fused-ring (bicyclic) bond motifs is 1. The summed E-state index contributed by atoms with van der Waals surface area (Å²) in [6.07, 6.45) is 0. The largest absolute Gasteiger partial charge is 0.398 e. The lowest BCUT2D eigenvalue weighted by Crippen LogP contribution is -2.04. The van der Waals surface area contributed by atoms with E-state index in [0.29, 0.717) is 5.69 Å². The molecule has 0 spiro atoms. The first kappa shape index (κ1) is 8.14. The molecule has 3 N–H and O–H groups in total. The first-order chi connectivity index (χ1) is 6.00. The van der Waals surface area contributed by atoms with Crippen LogP contribution in [-0.4, -0.2) is 13.0 Å². The number of anilines is 1. The molecule has 13 heavy (non-hydrogen) atoms. The summed E-state index contributed by atoms with van der Waals surface area (Å²) >= 11 is 0. The van der Waals surface area contributed by atoms with Gasteiger partial charge in [-0.2, -0.15) is 8.42 Å². The molecule has 0 aliphatic carbocycles. The van der Waals surface area contributed by atoms with Gasteiger partial charge in [-0.05, 0) is 12.1 Å². The quantitative estimate of drug-likeness (QED) is 0.532. The van der Waals surface area contributed by atoms with Crippen molar-refractivity contribution in [2.24, 2.45) is 10.2 Å². The number of azo groups is 1. The Kier molecular flexibility index (Phi) is 1.42. The lowest BCUT2D eigenvalue weighted by molar-refractivity contribution is 0.483. The van der Waals surface area contributed by atoms with E-state index in [0.717, 1.165) is 0 Å². The maximum absolute atomic E-state index is 10.8. The third-order valence-corrected chi connectivity index (χ3v) is 2.60. The molecule has 1 aromatic carbocycles. The van der Waals surface area contributed by atoms with E-state index in [4.69, 9.17) is 10.3 Å². The highest BCUT2D eigenvalue weighted by Crippen LogP contribution is 2.45. The minimum atomic E-state index is -4.31. The van der Waals surface area contributed by atoms with Gasteiger partial charge in [0.25, 0.3) is 10.1 Å². The molecule has 0 aromatic heterocycles. The molecule has 0 atom stereocenters. The fraction of sp³-hybridized carbons (Fsp3) is 0. The Labute approximate surface area is 73.8 Å². The van der Waals surface area contributed by atoms with E-state index < -0.39 is 10.1 Å². The molecule has 0 amide bonds. The van der Waals surface area contributed by atoms with Gasteiger partial charge in [0.1, 0.15) is 16.3 Å². The summed E-state index contributed by atoms with van der Waals surface area (Å²) in [5.41, 5.74) is 5.89. The van der Waals surface area contributed by atoms with Gasteiger partial charge < -0.3 is 5.73 Å². The number of nitrogens with two attached hydrogens (primary N) is 1. The summed E-state index contributed by atoms with van der Waals surface area (Å²) in [5.74, 6) is 0. The van der Waals surface area contributed by atoms with E-state index in [1.54, 1.807) is 0 Å². The Hall–Kier alpha value is -1.47. The molecule has 0 unspecified atom stereocenters. The van der Waals surface area contributed by atoms with Crippen LogP contribution in [0.1, 0.15) is 0 Å². The molecular formula is C6H5N3O3S. The molecule has 0 radical (unpaired) electrons. The fourth-order valence-electron chi connectivity index (χ4n) is 1.08. The second-order valence-electron chi connectivity index (χ2n) is 2.53. The maximum atomic E-state index is 10.8. The molecule has 0 fully saturated rings. The average Bonchev–Trinajstić information content (AvgIpc) is 1.93. The number of nitrogens with zero attached hydrogens (tertiary/aromatic N) is 2. The van der Waals surface area contributed by atoms with Crippen LogP contribution in [-0.2, 0) is 10.1 Å². The van der Waals surface area contributed by atoms with Crippen LogP contribution < -0.4 is 5.73 Å². The number of hydrogen-bond donors (Lipinski definition) is 2. The Morgan fingerprint density at radius 1 is 1.31 bits per heavy atom. The first-order valence-corrected chi connectivity index (χ1v) is 4.76. The summed E-state index contributed by atoms with van der Waals surface area (Å²) < 4.78 is 30.5. The van der Waals surface area contributed by atoms with E-state index in [-0.39, 0.29) is 16.3 Å². The lowest BCUT2D eigenvalue weighted by atomic mass is 10.2. The van der Waals surface area contributed by atoms with E-state index in [1.165, 1.54) is 12.1 Å². The second kappa shape index (κ2) is 2.27. The Morgan fingerprint density at radius 3 is 2.38 bits per heavy atom. The van der Waals surface area contributed by atoms with E-state index in [9.17, 15) is 8.42 Å². The standard InChI is InChI=1S/C6H5N3O3S/c7-3-1-2-4-5(9-8-4)6(3)13(10,11)12/h1-2H,7H2,(H,10,11,12). The Morgan fingerprint density at radius 2 is 2.00 bits per heavy atom. The van der Waals surface area contributed by atoms with Gasteiger partial charge in [-0.3, -0.25) is 4.55 Å². The number of nitrogen functional groups attached to an aromatic ring is 1. The zero-order valence-corrected chi connectivity index (χ0v) is 7.11. The molecule has 0 bridgehead atoms. The number of benzene rings is 1. The normalized spacial score (nSPS) is 13.6. The molecule has 1 aromatic rings. The predicted molar refractivity (Wildman–Crippen MR) is 44.8 cm³/mol. The van der Waals surface area contributed by atoms with Crippen molar-refractivity contribution < 1.29 is 13.0 Å². The Bertz CT molecular complexity index is 506. The van der Waals surface area contributed by atoms with Crippen molar-refractivity contribution >= 4 is 27.2 Å². The van der Waals surface area contributed by atoms with Crippen LogP contribution in [0.3, 0.4) is 0 Å². The fourth-order valence-corrected chi connectivity index (χ4v) is 1.84. The van der Waals surface area contributed by atoms with Crippen LogP contribution in [0.2, 0.25) is 0 Å². The van der Waals surface area contributed by atoms with Gasteiger partial charge in [-0.1, -0.05) is 0 Å². The van der Waals surface area contributed by atoms with Crippen molar-refractivity contribution in [1.29, 1.82) is 0 Å². The SMILES string of the molecule is Nc1ccc2c(c1S(=O)(=O)O)N=N2. The van der Waals surface area contributed by atoms with Crippen LogP contribution in [0, 0.1) is 0 Å². The molecule has 1 aliphatic heterocycles. The van der Waals surface area contributed by atoms with Gasteiger partial charge in [0.15, 0.2) is 0 Å². The van der Waals surface area contributed by atoms with Crippen LogP contribution in [0.4, 0.5) is 17.1 Å². The molecule has 68 valence electrons. The van der Waals surface area contributed by atoms with Gasteiger partial charge in [-0.15, -0.1) is 10.2 Å². The summed E-state index contributed by atoms with van der Waals surface area (Å²) in [5, 5.41) is 7.01. The van der Waals surface area contributed by atoms with Gasteiger partial charge in [0, 0.05) is 0 Å². The maximum Gasteiger partial charge on any atom is 0.298 e. The minimum absolute atomic E-state index is 0.0279. The first-order valence-electron chi connectivity index (χ1n) is 3.32. The van der Waals surface area contributed by atoms with Gasteiger partial charge in [0.05, 0.1) is 5.69 Å². The second-order valence-corrected chi connectivity index (χ2v) is 3.89. The van der Waals surface area contributed by atoms with Crippen molar-refractivity contribution in [3.8, 4) is 0 Å². The number of rotatable bonds is 1. The van der Waals surface area contributed by atoms with Crippen molar-refractivity contribution in [1.82, 2.24) is 0 Å². The molecular weight excluding hydrogens is 194 g/mol. The highest BCUT2D eigenvalue weighted by molar-refractivity contribution is 7.86. The third-order valence-electron chi connectivity index (χ3n) is 1.66. The molecule has 6 nitrogen and oxygen atoms in total. The molecule has 1 heterocycles. The summed E-state index contributed by atoms with van der Waals surface area (Å²) in [6.45, 7) is 0. The topological polar surface area (TPSA) is 105 Å². The number of hydrogen-bond acceptors (Lipinski definition) is 5. The van der Waals surface area contributed by atoms with Crippen molar-refractivity contribution in [3.63, 3.8) is 0 Å². The molecule has 1 aliphatic rings. The zero-order chi connectivity index (χ0) is 9.64. The summed E-state index contributed by atoms with van der Waals surface area (Å²) in [6, 6.07) is 2.90. The molecule has 7 heteroatoms. The van der Waals surface area contributed by atoms with Crippen LogP contribution >= 0.6 is 0 Å². The van der Waals surface area contributed by atoms with Gasteiger partial charge in [0.2, 0.25) is 0 Å². The van der Waals surface area contributed by atoms with Gasteiger partial charge >= 0.3 is 0 Å². The average molecular weight is 199 g/mol. The highest BCUT2D eigenvalue weighted by atomic mass is 32.2. The van der Waals surface area contributed by atoms with Crippen LogP contribution in [0.25, 0.3) is 0 Å². The zero-order valence-electron chi connectivity index (χ0n) is 6.30. The van der Waals surface area contributed by atoms with Crippen molar-refractivity contribution in [3.05, 3.63) is 12.1 Å². The van der Waals surface area contributed by atoms with Crippen LogP contribution in [0.5, 0.6) is 0 Å². The Balaban J connectivity index is 2.80. The predicted octanol–water partition coefficient (Wildman–Crippen LogP) is 1.24. The monoisotopic (exact) mass is 199 g/mol. The lowest BCUT2D eigenvalue weighted by Gasteiger charge is -2.12. The summed E-state index contributed by atoms with van der Waals surface area (Å²) in [4.78, 5) is -0.361. The van der Waals surface area contributed by atoms with E-state index in [1.807, 2.05) is 0 Å². The minimum Gasteiger partial charge on any atom is -0.398 e. The van der Waals surface area contributed by atoms with Crippen LogP contribution in [0.15, 0.2) is 27.3 Å². The molecule has 0 saturated heterocycles. The van der Waals surface area contributed by atoms with Crippen molar-refractivity contribution in [2.45, 2.75) is 4.90 Å². The van der Waals surface area contributed by atoms with E-state index >= 15 is 0 Å². The summed E-state index contributed by atoms with van der Waals surface area (Å²) in [7, 11) is -4.31. The van der Waals surface area contributed by atoms with Crippen molar-refractivity contribution in [2.75, 3.05) is 5.73 Å². The molecule has 0 saturated carbocycles. The molecule has 2 rings (SSSR count).